The van der Waals surface area contributed by atoms with Crippen LogP contribution in [-0.4, -0.2) is 24.6 Å². The Morgan fingerprint density at radius 2 is 1.69 bits per heavy atom. The van der Waals surface area contributed by atoms with Gasteiger partial charge in [0.2, 0.25) is 0 Å². The van der Waals surface area contributed by atoms with E-state index in [1.165, 1.54) is 0 Å². The molecule has 2 aliphatic rings. The van der Waals surface area contributed by atoms with E-state index in [4.69, 9.17) is 21.3 Å². The monoisotopic (exact) mass is 369 g/mol. The van der Waals surface area contributed by atoms with Gasteiger partial charge in [0.25, 0.3) is 0 Å². The van der Waals surface area contributed by atoms with Crippen LogP contribution in [0.25, 0.3) is 0 Å². The van der Waals surface area contributed by atoms with E-state index in [1.807, 2.05) is 30.3 Å². The van der Waals surface area contributed by atoms with Crippen molar-refractivity contribution in [2.75, 3.05) is 23.8 Å². The molecule has 1 spiro atoms. The molecule has 1 fully saturated rings. The third-order valence-corrected chi connectivity index (χ3v) is 5.94. The van der Waals surface area contributed by atoms with Crippen molar-refractivity contribution in [1.82, 2.24) is 0 Å². The summed E-state index contributed by atoms with van der Waals surface area (Å²) in [4.78, 5) is 4.99. The van der Waals surface area contributed by atoms with Crippen molar-refractivity contribution in [2.24, 2.45) is 16.8 Å². The molecule has 2 heterocycles. The van der Waals surface area contributed by atoms with E-state index in [2.05, 4.69) is 42.7 Å². The zero-order chi connectivity index (χ0) is 18.1. The van der Waals surface area contributed by atoms with E-state index in [-0.39, 0.29) is 17.4 Å². The zero-order valence-corrected chi connectivity index (χ0v) is 15.9. The summed E-state index contributed by atoms with van der Waals surface area (Å²) in [5.41, 5.74) is 2.94. The lowest BCUT2D eigenvalue weighted by molar-refractivity contribution is 0.000308. The number of amidine groups is 1. The smallest absolute Gasteiger partial charge is 0.128 e. The minimum atomic E-state index is -0.270. The highest BCUT2D eigenvalue weighted by atomic mass is 35.5. The van der Waals surface area contributed by atoms with Gasteiger partial charge in [0, 0.05) is 16.9 Å². The SMILES string of the molecule is CC1COCC(C)C12Nc1ccccc1NC2=NCc1ccccc1Cl. The predicted molar refractivity (Wildman–Crippen MR) is 108 cm³/mol. The van der Waals surface area contributed by atoms with Gasteiger partial charge in [-0.2, -0.15) is 0 Å². The minimum Gasteiger partial charge on any atom is -0.381 e. The Bertz CT molecular complexity index is 826. The summed E-state index contributed by atoms with van der Waals surface area (Å²) in [7, 11) is 0. The number of rotatable bonds is 2. The number of hydrogen-bond acceptors (Lipinski definition) is 3. The molecule has 2 aliphatic heterocycles. The molecule has 2 aromatic rings. The van der Waals surface area contributed by atoms with E-state index in [1.54, 1.807) is 0 Å². The number of benzene rings is 2. The lowest BCUT2D eigenvalue weighted by atomic mass is 9.71. The van der Waals surface area contributed by atoms with Crippen LogP contribution in [0.1, 0.15) is 19.4 Å². The first-order chi connectivity index (χ1) is 12.6. The van der Waals surface area contributed by atoms with Crippen LogP contribution >= 0.6 is 11.6 Å². The van der Waals surface area contributed by atoms with Gasteiger partial charge in [0.05, 0.1) is 31.1 Å². The van der Waals surface area contributed by atoms with Gasteiger partial charge in [-0.05, 0) is 23.8 Å². The van der Waals surface area contributed by atoms with Crippen LogP contribution < -0.4 is 10.6 Å². The van der Waals surface area contributed by atoms with Crippen molar-refractivity contribution >= 4 is 28.8 Å². The molecule has 136 valence electrons. The number of aliphatic imine (C=N–C) groups is 1. The van der Waals surface area contributed by atoms with Crippen LogP contribution in [0.3, 0.4) is 0 Å². The summed E-state index contributed by atoms with van der Waals surface area (Å²) >= 11 is 6.33. The molecule has 0 aromatic heterocycles. The van der Waals surface area contributed by atoms with Crippen molar-refractivity contribution in [1.29, 1.82) is 0 Å². The number of fused-ring (bicyclic) bond motifs is 1. The van der Waals surface area contributed by atoms with E-state index < -0.39 is 0 Å². The van der Waals surface area contributed by atoms with Crippen LogP contribution in [-0.2, 0) is 11.3 Å². The second-order valence-electron chi connectivity index (χ2n) is 7.26. The third-order valence-electron chi connectivity index (χ3n) is 5.57. The molecule has 0 radical (unpaired) electrons. The molecule has 2 N–H and O–H groups in total. The van der Waals surface area contributed by atoms with Crippen molar-refractivity contribution < 1.29 is 4.74 Å². The first kappa shape index (κ1) is 17.4. The molecular formula is C21H24ClN3O. The number of para-hydroxylation sites is 2. The van der Waals surface area contributed by atoms with Gasteiger partial charge in [-0.1, -0.05) is 55.8 Å². The average molecular weight is 370 g/mol. The molecular weight excluding hydrogens is 346 g/mol. The maximum atomic E-state index is 6.33. The van der Waals surface area contributed by atoms with E-state index in [0.717, 1.165) is 27.8 Å². The number of hydrogen-bond donors (Lipinski definition) is 2. The van der Waals surface area contributed by atoms with Crippen LogP contribution in [0.2, 0.25) is 5.02 Å². The van der Waals surface area contributed by atoms with Crippen LogP contribution in [0.4, 0.5) is 11.4 Å². The molecule has 0 aliphatic carbocycles. The highest BCUT2D eigenvalue weighted by molar-refractivity contribution is 6.31. The number of halogens is 1. The molecule has 26 heavy (non-hydrogen) atoms. The second kappa shape index (κ2) is 6.93. The molecule has 4 nitrogen and oxygen atoms in total. The maximum absolute atomic E-state index is 6.33. The van der Waals surface area contributed by atoms with Crippen LogP contribution in [0.5, 0.6) is 0 Å². The third kappa shape index (κ3) is 2.87. The van der Waals surface area contributed by atoms with Crippen molar-refractivity contribution in [2.45, 2.75) is 25.9 Å². The molecule has 0 bridgehead atoms. The maximum Gasteiger partial charge on any atom is 0.128 e. The minimum absolute atomic E-state index is 0.270. The van der Waals surface area contributed by atoms with Crippen LogP contribution in [0.15, 0.2) is 53.5 Å². The number of nitrogens with zero attached hydrogens (tertiary/aromatic N) is 1. The molecule has 2 unspecified atom stereocenters. The number of ether oxygens (including phenoxy) is 1. The fraction of sp³-hybridized carbons (Fsp3) is 0.381. The summed E-state index contributed by atoms with van der Waals surface area (Å²) in [6.07, 6.45) is 0. The Labute approximate surface area is 159 Å². The van der Waals surface area contributed by atoms with Crippen molar-refractivity contribution in [3.05, 3.63) is 59.1 Å². The van der Waals surface area contributed by atoms with Crippen molar-refractivity contribution in [3.63, 3.8) is 0 Å². The number of anilines is 2. The topological polar surface area (TPSA) is 45.6 Å². The second-order valence-corrected chi connectivity index (χ2v) is 7.67. The van der Waals surface area contributed by atoms with Crippen molar-refractivity contribution in [3.8, 4) is 0 Å². The fourth-order valence-electron chi connectivity index (χ4n) is 4.06. The molecule has 5 heteroatoms. The highest BCUT2D eigenvalue weighted by Crippen LogP contribution is 2.42. The fourth-order valence-corrected chi connectivity index (χ4v) is 4.25. The van der Waals surface area contributed by atoms with E-state index in [0.29, 0.717) is 19.8 Å². The Hall–Kier alpha value is -2.04. The summed E-state index contributed by atoms with van der Waals surface area (Å²) in [6.45, 7) is 6.43. The normalized spacial score (nSPS) is 29.1. The van der Waals surface area contributed by atoms with Crippen LogP contribution in [0, 0.1) is 11.8 Å². The quantitative estimate of drug-likeness (QED) is 0.797. The molecule has 4 rings (SSSR count). The average Bonchev–Trinajstić information content (AvgIpc) is 2.65. The van der Waals surface area contributed by atoms with Gasteiger partial charge in [0.1, 0.15) is 11.4 Å². The van der Waals surface area contributed by atoms with Gasteiger partial charge in [-0.25, -0.2) is 0 Å². The molecule has 0 amide bonds. The number of nitrogens with one attached hydrogen (secondary N) is 2. The molecule has 0 saturated carbocycles. The Morgan fingerprint density at radius 3 is 2.42 bits per heavy atom. The van der Waals surface area contributed by atoms with E-state index in [9.17, 15) is 0 Å². The standard InChI is InChI=1S/C21H24ClN3O/c1-14-12-26-13-15(2)21(14)20(23-11-16-7-3-4-8-17(16)22)24-18-9-5-6-10-19(18)25-21/h3-10,14-15,25H,11-13H2,1-2H3,(H,23,24). The Morgan fingerprint density at radius 1 is 1.04 bits per heavy atom. The zero-order valence-electron chi connectivity index (χ0n) is 15.1. The van der Waals surface area contributed by atoms with Gasteiger partial charge >= 0.3 is 0 Å². The largest absolute Gasteiger partial charge is 0.381 e. The Kier molecular flexibility index (Phi) is 4.63. The summed E-state index contributed by atoms with van der Waals surface area (Å²) in [5, 5.41) is 8.16. The van der Waals surface area contributed by atoms with Gasteiger partial charge in [-0.3, -0.25) is 4.99 Å². The Balaban J connectivity index is 1.76. The lowest BCUT2D eigenvalue weighted by Gasteiger charge is -2.51. The first-order valence-electron chi connectivity index (χ1n) is 9.11. The van der Waals surface area contributed by atoms with Gasteiger partial charge in [-0.15, -0.1) is 0 Å². The highest BCUT2D eigenvalue weighted by Gasteiger charge is 2.50. The summed E-state index contributed by atoms with van der Waals surface area (Å²) in [5.74, 6) is 1.55. The molecule has 2 atom stereocenters. The summed E-state index contributed by atoms with van der Waals surface area (Å²) < 4.78 is 5.80. The summed E-state index contributed by atoms with van der Waals surface area (Å²) in [6, 6.07) is 16.2. The molecule has 2 aromatic carbocycles. The van der Waals surface area contributed by atoms with Gasteiger partial charge in [0.15, 0.2) is 0 Å². The molecule has 1 saturated heterocycles. The van der Waals surface area contributed by atoms with E-state index >= 15 is 0 Å². The predicted octanol–water partition coefficient (Wildman–Crippen LogP) is 4.82. The first-order valence-corrected chi connectivity index (χ1v) is 9.49. The lowest BCUT2D eigenvalue weighted by Crippen LogP contribution is -2.64. The van der Waals surface area contributed by atoms with Gasteiger partial charge < -0.3 is 15.4 Å².